The smallest absolute Gasteiger partial charge is 0.244 e. The summed E-state index contributed by atoms with van der Waals surface area (Å²) in [6, 6.07) is 15.1. The van der Waals surface area contributed by atoms with E-state index >= 15 is 0 Å². The molecule has 2 aromatic carbocycles. The Bertz CT molecular complexity index is 776. The predicted molar refractivity (Wildman–Crippen MR) is 90.5 cm³/mol. The number of sulfonamides is 1. The molecule has 0 aliphatic carbocycles. The number of benzene rings is 2. The van der Waals surface area contributed by atoms with Crippen LogP contribution in [0.4, 0.5) is 0 Å². The van der Waals surface area contributed by atoms with E-state index in [0.29, 0.717) is 17.9 Å². The molecule has 0 heterocycles. The van der Waals surface area contributed by atoms with Gasteiger partial charge in [-0.3, -0.25) is 0 Å². The van der Waals surface area contributed by atoms with Crippen LogP contribution < -0.4 is 9.57 Å². The van der Waals surface area contributed by atoms with Crippen molar-refractivity contribution in [1.29, 1.82) is 0 Å². The quantitative estimate of drug-likeness (QED) is 0.616. The van der Waals surface area contributed by atoms with Crippen LogP contribution in [0.25, 0.3) is 0 Å². The lowest BCUT2D eigenvalue weighted by molar-refractivity contribution is 0.305. The van der Waals surface area contributed by atoms with E-state index in [1.54, 1.807) is 12.1 Å². The first-order valence-corrected chi connectivity index (χ1v) is 9.08. The molecule has 0 unspecified atom stereocenters. The van der Waals surface area contributed by atoms with Crippen molar-refractivity contribution in [1.82, 2.24) is 4.83 Å². The predicted octanol–water partition coefficient (Wildman–Crippen LogP) is 2.91. The number of ether oxygens (including phenoxy) is 1. The molecular formula is C15H15BrN2O3S. The summed E-state index contributed by atoms with van der Waals surface area (Å²) in [5.74, 6) is 0.626. The lowest BCUT2D eigenvalue weighted by Crippen LogP contribution is -2.15. The van der Waals surface area contributed by atoms with Gasteiger partial charge in [0.15, 0.2) is 0 Å². The molecule has 7 heteroatoms. The third-order valence-corrected chi connectivity index (χ3v) is 3.55. The van der Waals surface area contributed by atoms with Crippen molar-refractivity contribution in [2.24, 2.45) is 5.10 Å². The second kappa shape index (κ2) is 7.42. The Morgan fingerprint density at radius 3 is 2.73 bits per heavy atom. The number of nitrogens with one attached hydrogen (secondary N) is 1. The molecule has 0 amide bonds. The number of rotatable bonds is 6. The average Bonchev–Trinajstić information content (AvgIpc) is 2.45. The minimum Gasteiger partial charge on any atom is -0.488 e. The lowest BCUT2D eigenvalue weighted by Gasteiger charge is -2.09. The molecule has 2 rings (SSSR count). The zero-order chi connectivity index (χ0) is 16.0. The van der Waals surface area contributed by atoms with Gasteiger partial charge in [0.05, 0.1) is 12.5 Å². The van der Waals surface area contributed by atoms with Crippen LogP contribution in [0.2, 0.25) is 0 Å². The number of nitrogens with zero attached hydrogens (tertiary/aromatic N) is 1. The molecule has 0 aliphatic rings. The van der Waals surface area contributed by atoms with E-state index in [0.717, 1.165) is 16.3 Å². The van der Waals surface area contributed by atoms with E-state index in [2.05, 4.69) is 25.9 Å². The van der Waals surface area contributed by atoms with Gasteiger partial charge in [-0.1, -0.05) is 40.2 Å². The van der Waals surface area contributed by atoms with Crippen LogP contribution in [0.1, 0.15) is 11.1 Å². The van der Waals surface area contributed by atoms with E-state index < -0.39 is 10.0 Å². The van der Waals surface area contributed by atoms with E-state index in [-0.39, 0.29) is 0 Å². The highest BCUT2D eigenvalue weighted by Gasteiger charge is 2.02. The molecule has 0 fully saturated rings. The number of halogens is 1. The van der Waals surface area contributed by atoms with Crippen LogP contribution in [0.15, 0.2) is 58.1 Å². The Labute approximate surface area is 138 Å². The van der Waals surface area contributed by atoms with Gasteiger partial charge in [-0.2, -0.15) is 5.10 Å². The summed E-state index contributed by atoms with van der Waals surface area (Å²) in [4.78, 5) is 2.06. The van der Waals surface area contributed by atoms with Gasteiger partial charge in [0, 0.05) is 10.0 Å². The van der Waals surface area contributed by atoms with Crippen molar-refractivity contribution < 1.29 is 13.2 Å². The molecule has 0 spiro atoms. The van der Waals surface area contributed by atoms with Crippen LogP contribution in [0, 0.1) is 0 Å². The van der Waals surface area contributed by atoms with Crippen LogP contribution in [-0.2, 0) is 16.6 Å². The largest absolute Gasteiger partial charge is 0.488 e. The maximum absolute atomic E-state index is 11.0. The molecule has 116 valence electrons. The molecule has 0 radical (unpaired) electrons. The summed E-state index contributed by atoms with van der Waals surface area (Å²) in [6.45, 7) is 0.407. The maximum atomic E-state index is 11.0. The Kier molecular flexibility index (Phi) is 5.57. The van der Waals surface area contributed by atoms with Gasteiger partial charge < -0.3 is 4.74 Å². The third kappa shape index (κ3) is 5.50. The molecule has 0 aliphatic heterocycles. The number of hydrogen-bond acceptors (Lipinski definition) is 4. The van der Waals surface area contributed by atoms with E-state index in [9.17, 15) is 8.42 Å². The summed E-state index contributed by atoms with van der Waals surface area (Å²) in [5, 5.41) is 3.69. The highest BCUT2D eigenvalue weighted by Crippen LogP contribution is 2.19. The minimum atomic E-state index is -3.36. The summed E-state index contributed by atoms with van der Waals surface area (Å²) < 4.78 is 28.7. The molecule has 0 saturated carbocycles. The number of para-hydroxylation sites is 1. The van der Waals surface area contributed by atoms with Gasteiger partial charge in [-0.05, 0) is 29.8 Å². The van der Waals surface area contributed by atoms with E-state index in [1.165, 1.54) is 6.21 Å². The first-order valence-electron chi connectivity index (χ1n) is 6.40. The van der Waals surface area contributed by atoms with Crippen LogP contribution in [0.3, 0.4) is 0 Å². The van der Waals surface area contributed by atoms with Crippen molar-refractivity contribution >= 4 is 32.2 Å². The fourth-order valence-corrected chi connectivity index (χ4v) is 2.39. The summed E-state index contributed by atoms with van der Waals surface area (Å²) in [6.07, 6.45) is 2.46. The molecule has 0 bridgehead atoms. The summed E-state index contributed by atoms with van der Waals surface area (Å²) in [7, 11) is -3.36. The van der Waals surface area contributed by atoms with Crippen molar-refractivity contribution in [3.63, 3.8) is 0 Å². The summed E-state index contributed by atoms with van der Waals surface area (Å²) in [5.41, 5.74) is 1.71. The fraction of sp³-hybridized carbons (Fsp3) is 0.133. The lowest BCUT2D eigenvalue weighted by atomic mass is 10.2. The Morgan fingerprint density at radius 1 is 1.23 bits per heavy atom. The van der Waals surface area contributed by atoms with Gasteiger partial charge in [-0.25, -0.2) is 13.2 Å². The van der Waals surface area contributed by atoms with E-state index in [4.69, 9.17) is 4.74 Å². The van der Waals surface area contributed by atoms with Gasteiger partial charge in [0.1, 0.15) is 12.4 Å². The standard InChI is InChI=1S/C15H15BrN2O3S/c1-22(19,20)18-17-10-13-6-2-3-8-15(13)21-11-12-5-4-7-14(16)9-12/h2-10,18H,11H2,1H3/b17-10-. The van der Waals surface area contributed by atoms with Gasteiger partial charge in [-0.15, -0.1) is 0 Å². The van der Waals surface area contributed by atoms with Crippen molar-refractivity contribution in [2.45, 2.75) is 6.61 Å². The second-order valence-electron chi connectivity index (χ2n) is 4.58. The van der Waals surface area contributed by atoms with Crippen LogP contribution in [0.5, 0.6) is 5.75 Å². The van der Waals surface area contributed by atoms with Crippen LogP contribution in [-0.4, -0.2) is 20.9 Å². The zero-order valence-electron chi connectivity index (χ0n) is 11.9. The minimum absolute atomic E-state index is 0.407. The second-order valence-corrected chi connectivity index (χ2v) is 7.22. The van der Waals surface area contributed by atoms with Crippen LogP contribution >= 0.6 is 15.9 Å². The van der Waals surface area contributed by atoms with Crippen molar-refractivity contribution in [3.8, 4) is 5.75 Å². The molecule has 5 nitrogen and oxygen atoms in total. The highest BCUT2D eigenvalue weighted by molar-refractivity contribution is 9.10. The van der Waals surface area contributed by atoms with Crippen molar-refractivity contribution in [2.75, 3.05) is 6.26 Å². The Morgan fingerprint density at radius 2 is 2.00 bits per heavy atom. The van der Waals surface area contributed by atoms with Gasteiger partial charge in [0.25, 0.3) is 0 Å². The molecule has 1 N–H and O–H groups in total. The topological polar surface area (TPSA) is 67.8 Å². The molecule has 2 aromatic rings. The van der Waals surface area contributed by atoms with Gasteiger partial charge >= 0.3 is 0 Å². The molecule has 22 heavy (non-hydrogen) atoms. The third-order valence-electron chi connectivity index (χ3n) is 2.62. The molecule has 0 saturated heterocycles. The normalized spacial score (nSPS) is 11.5. The average molecular weight is 383 g/mol. The SMILES string of the molecule is CS(=O)(=O)N/N=C\c1ccccc1OCc1cccc(Br)c1. The highest BCUT2D eigenvalue weighted by atomic mass is 79.9. The summed E-state index contributed by atoms with van der Waals surface area (Å²) >= 11 is 3.41. The molecule has 0 aromatic heterocycles. The van der Waals surface area contributed by atoms with Crippen molar-refractivity contribution in [3.05, 3.63) is 64.1 Å². The Hall–Kier alpha value is -1.86. The zero-order valence-corrected chi connectivity index (χ0v) is 14.3. The monoisotopic (exact) mass is 382 g/mol. The first kappa shape index (κ1) is 16.5. The Balaban J connectivity index is 2.08. The maximum Gasteiger partial charge on any atom is 0.244 e. The number of hydrazone groups is 1. The number of hydrogen-bond donors (Lipinski definition) is 1. The first-order chi connectivity index (χ1) is 10.4. The molecule has 0 atom stereocenters. The van der Waals surface area contributed by atoms with E-state index in [1.807, 2.05) is 36.4 Å². The fourth-order valence-electron chi connectivity index (χ4n) is 1.70. The molecular weight excluding hydrogens is 368 g/mol. The van der Waals surface area contributed by atoms with Gasteiger partial charge in [0.2, 0.25) is 10.0 Å².